The molecule has 0 aromatic heterocycles. The molecule has 0 radical (unpaired) electrons. The summed E-state index contributed by atoms with van der Waals surface area (Å²) >= 11 is 0. The molecule has 6 atom stereocenters. The van der Waals surface area contributed by atoms with E-state index in [1.165, 1.54) is 0 Å². The van der Waals surface area contributed by atoms with E-state index in [1.54, 1.807) is 0 Å². The summed E-state index contributed by atoms with van der Waals surface area (Å²) in [5.74, 6) is 0.0460. The number of aliphatic hydroxyl groups is 3. The molecular formula is C20H28O5. The molecule has 1 aliphatic heterocycles. The first kappa shape index (κ1) is 17.3. The molecule has 25 heavy (non-hydrogen) atoms. The molecule has 5 heteroatoms. The van der Waals surface area contributed by atoms with Gasteiger partial charge in [0.1, 0.15) is 11.9 Å². The number of carbonyl (C=O) groups excluding carboxylic acids is 1. The fraction of sp³-hybridized carbons (Fsp3) is 0.750. The number of esters is 1. The Kier molecular flexibility index (Phi) is 3.57. The highest BCUT2D eigenvalue weighted by Crippen LogP contribution is 2.63. The summed E-state index contributed by atoms with van der Waals surface area (Å²) in [6.07, 6.45) is 0.319. The highest BCUT2D eigenvalue weighted by Gasteiger charge is 2.61. The third-order valence-corrected chi connectivity index (χ3v) is 7.31. The van der Waals surface area contributed by atoms with E-state index in [0.717, 1.165) is 24.8 Å². The fourth-order valence-electron chi connectivity index (χ4n) is 6.11. The van der Waals surface area contributed by atoms with Crippen LogP contribution in [0.25, 0.3) is 0 Å². The molecule has 0 spiro atoms. The number of hydrogen-bond acceptors (Lipinski definition) is 5. The highest BCUT2D eigenvalue weighted by molar-refractivity contribution is 5.96. The molecule has 0 aromatic rings. The van der Waals surface area contributed by atoms with Crippen LogP contribution >= 0.6 is 0 Å². The smallest absolute Gasteiger partial charge is 0.342 e. The Bertz CT molecular complexity index is 705. The van der Waals surface area contributed by atoms with Crippen LogP contribution in [0.5, 0.6) is 0 Å². The molecule has 0 saturated heterocycles. The molecule has 0 bridgehead atoms. The first-order valence-electron chi connectivity index (χ1n) is 9.38. The molecule has 1 fully saturated rings. The van der Waals surface area contributed by atoms with Gasteiger partial charge in [0.2, 0.25) is 0 Å². The minimum Gasteiger partial charge on any atom is -0.423 e. The average molecular weight is 348 g/mol. The van der Waals surface area contributed by atoms with Crippen LogP contribution in [0.3, 0.4) is 0 Å². The maximum absolute atomic E-state index is 12.5. The van der Waals surface area contributed by atoms with Gasteiger partial charge in [-0.15, -0.1) is 0 Å². The van der Waals surface area contributed by atoms with Crippen molar-refractivity contribution in [1.29, 1.82) is 0 Å². The summed E-state index contributed by atoms with van der Waals surface area (Å²) in [5.41, 5.74) is 1.16. The van der Waals surface area contributed by atoms with Crippen LogP contribution in [-0.2, 0) is 9.53 Å². The van der Waals surface area contributed by atoms with Crippen molar-refractivity contribution >= 4 is 5.97 Å². The maximum Gasteiger partial charge on any atom is 0.342 e. The lowest BCUT2D eigenvalue weighted by atomic mass is 9.65. The lowest BCUT2D eigenvalue weighted by molar-refractivity contribution is -0.134. The van der Waals surface area contributed by atoms with E-state index in [0.29, 0.717) is 23.3 Å². The minimum atomic E-state index is -1.03. The monoisotopic (exact) mass is 348 g/mol. The molecular weight excluding hydrogens is 320 g/mol. The molecule has 3 aliphatic carbocycles. The Balaban J connectivity index is 2.00. The second kappa shape index (κ2) is 5.18. The lowest BCUT2D eigenvalue weighted by Crippen LogP contribution is -2.35. The van der Waals surface area contributed by atoms with Gasteiger partial charge in [0.05, 0.1) is 17.8 Å². The molecule has 3 N–H and O–H groups in total. The van der Waals surface area contributed by atoms with Crippen molar-refractivity contribution < 1.29 is 24.9 Å². The van der Waals surface area contributed by atoms with Gasteiger partial charge < -0.3 is 20.1 Å². The van der Waals surface area contributed by atoms with Crippen LogP contribution in [-0.4, -0.2) is 39.6 Å². The van der Waals surface area contributed by atoms with Crippen molar-refractivity contribution in [2.24, 2.45) is 22.7 Å². The van der Waals surface area contributed by atoms with Crippen LogP contribution in [0.2, 0.25) is 0 Å². The van der Waals surface area contributed by atoms with Gasteiger partial charge in [-0.25, -0.2) is 4.79 Å². The zero-order valence-corrected chi connectivity index (χ0v) is 15.4. The Hall–Kier alpha value is -1.17. The number of ether oxygens (including phenoxy) is 1. The molecule has 4 rings (SSSR count). The van der Waals surface area contributed by atoms with Crippen molar-refractivity contribution in [3.63, 3.8) is 0 Å². The van der Waals surface area contributed by atoms with E-state index >= 15 is 0 Å². The number of aliphatic hydroxyl groups excluding tert-OH is 3. The van der Waals surface area contributed by atoms with Crippen LogP contribution in [0.15, 0.2) is 22.5 Å². The minimum absolute atomic E-state index is 0.0953. The largest absolute Gasteiger partial charge is 0.423 e. The van der Waals surface area contributed by atoms with E-state index in [4.69, 9.17) is 4.74 Å². The zero-order chi connectivity index (χ0) is 18.3. The van der Waals surface area contributed by atoms with Gasteiger partial charge in [0.15, 0.2) is 0 Å². The molecule has 1 saturated carbocycles. The molecule has 0 aromatic carbocycles. The fourth-order valence-corrected chi connectivity index (χ4v) is 6.11. The molecule has 1 heterocycles. The van der Waals surface area contributed by atoms with Gasteiger partial charge in [-0.1, -0.05) is 27.7 Å². The zero-order valence-electron chi connectivity index (χ0n) is 15.4. The van der Waals surface area contributed by atoms with Crippen molar-refractivity contribution in [1.82, 2.24) is 0 Å². The SMILES string of the molecule is CC(C)[C@H]1[C@@H](O)[C@@H](O)C2=C3OC(=O)C4=C3[C@@](C)(CC[C@@H]4O)CC[C@@]21C. The first-order chi connectivity index (χ1) is 11.6. The van der Waals surface area contributed by atoms with E-state index < -0.39 is 29.7 Å². The van der Waals surface area contributed by atoms with E-state index in [9.17, 15) is 20.1 Å². The molecule has 0 amide bonds. The Morgan fingerprint density at radius 3 is 2.44 bits per heavy atom. The summed E-state index contributed by atoms with van der Waals surface area (Å²) < 4.78 is 5.66. The molecule has 138 valence electrons. The van der Waals surface area contributed by atoms with Crippen molar-refractivity contribution in [3.8, 4) is 0 Å². The summed E-state index contributed by atoms with van der Waals surface area (Å²) in [7, 11) is 0. The van der Waals surface area contributed by atoms with Crippen LogP contribution in [0, 0.1) is 22.7 Å². The lowest BCUT2D eigenvalue weighted by Gasteiger charge is -2.38. The second-order valence-corrected chi connectivity index (χ2v) is 9.16. The van der Waals surface area contributed by atoms with Gasteiger partial charge in [-0.3, -0.25) is 0 Å². The summed E-state index contributed by atoms with van der Waals surface area (Å²) in [5, 5.41) is 32.0. The first-order valence-corrected chi connectivity index (χ1v) is 9.38. The summed E-state index contributed by atoms with van der Waals surface area (Å²) in [6.45, 7) is 8.35. The number of allylic oxidation sites excluding steroid dienone is 1. The van der Waals surface area contributed by atoms with Gasteiger partial charge in [0.25, 0.3) is 0 Å². The molecule has 5 nitrogen and oxygen atoms in total. The predicted molar refractivity (Wildman–Crippen MR) is 91.2 cm³/mol. The van der Waals surface area contributed by atoms with Gasteiger partial charge >= 0.3 is 5.97 Å². The summed E-state index contributed by atoms with van der Waals surface area (Å²) in [6, 6.07) is 0. The number of fused-ring (bicyclic) bond motifs is 1. The van der Waals surface area contributed by atoms with E-state index in [2.05, 4.69) is 27.7 Å². The normalized spacial score (nSPS) is 46.3. The topological polar surface area (TPSA) is 87.0 Å². The van der Waals surface area contributed by atoms with Crippen LogP contribution < -0.4 is 0 Å². The second-order valence-electron chi connectivity index (χ2n) is 9.16. The van der Waals surface area contributed by atoms with Crippen LogP contribution in [0.4, 0.5) is 0 Å². The Labute approximate surface area is 148 Å². The number of rotatable bonds is 1. The summed E-state index contributed by atoms with van der Waals surface area (Å²) in [4.78, 5) is 12.5. The average Bonchev–Trinajstić information content (AvgIpc) is 2.93. The number of carbonyl (C=O) groups is 1. The predicted octanol–water partition coefficient (Wildman–Crippen LogP) is 2.06. The van der Waals surface area contributed by atoms with Crippen LogP contribution in [0.1, 0.15) is 53.4 Å². The van der Waals surface area contributed by atoms with Gasteiger partial charge in [0, 0.05) is 16.6 Å². The quantitative estimate of drug-likeness (QED) is 0.632. The van der Waals surface area contributed by atoms with Crippen molar-refractivity contribution in [2.45, 2.75) is 71.7 Å². The van der Waals surface area contributed by atoms with E-state index in [1.807, 2.05) is 0 Å². The van der Waals surface area contributed by atoms with Gasteiger partial charge in [-0.05, 0) is 42.9 Å². The Morgan fingerprint density at radius 1 is 1.12 bits per heavy atom. The van der Waals surface area contributed by atoms with Gasteiger partial charge in [-0.2, -0.15) is 0 Å². The molecule has 0 unspecified atom stereocenters. The molecule has 4 aliphatic rings. The third kappa shape index (κ3) is 2.03. The Morgan fingerprint density at radius 2 is 1.80 bits per heavy atom. The third-order valence-electron chi connectivity index (χ3n) is 7.31. The standard InChI is InChI=1S/C20H28O5/c1-9(2)12-15(22)16(23)14-17-13-11(18(24)25-17)10(21)5-6-19(13,3)7-8-20(12,14)4/h9-10,12,15-16,21-23H,5-8H2,1-4H3/t10-,12-,15+,16-,19-,20+/m0/s1. The van der Waals surface area contributed by atoms with Crippen molar-refractivity contribution in [2.75, 3.05) is 0 Å². The maximum atomic E-state index is 12.5. The number of hydrogen-bond donors (Lipinski definition) is 3. The van der Waals surface area contributed by atoms with E-state index in [-0.39, 0.29) is 17.3 Å². The highest BCUT2D eigenvalue weighted by atomic mass is 16.5. The van der Waals surface area contributed by atoms with Crippen molar-refractivity contribution in [3.05, 3.63) is 22.5 Å².